The van der Waals surface area contributed by atoms with Gasteiger partial charge in [0.25, 0.3) is 5.91 Å². The van der Waals surface area contributed by atoms with Gasteiger partial charge in [0.2, 0.25) is 0 Å². The summed E-state index contributed by atoms with van der Waals surface area (Å²) in [5, 5.41) is 2.15. The van der Waals surface area contributed by atoms with Crippen molar-refractivity contribution in [3.8, 4) is 0 Å². The lowest BCUT2D eigenvalue weighted by Crippen LogP contribution is -2.19. The summed E-state index contributed by atoms with van der Waals surface area (Å²) < 4.78 is 49.5. The molecule has 0 unspecified atom stereocenters. The summed E-state index contributed by atoms with van der Waals surface area (Å²) in [4.78, 5) is 11.0. The molecule has 0 aliphatic rings. The largest absolute Gasteiger partial charge is 0.419 e. The Morgan fingerprint density at radius 1 is 1.33 bits per heavy atom. The lowest BCUT2D eigenvalue weighted by Gasteiger charge is -2.09. The zero-order valence-electron chi connectivity index (χ0n) is 7.65. The molecule has 0 heterocycles. The first-order valence-corrected chi connectivity index (χ1v) is 3.95. The maximum absolute atomic E-state index is 12.8. The van der Waals surface area contributed by atoms with Gasteiger partial charge in [-0.25, -0.2) is 4.39 Å². The van der Waals surface area contributed by atoms with Crippen LogP contribution in [-0.4, -0.2) is 13.0 Å². The number of amides is 1. The number of hydrogen-bond donors (Lipinski definition) is 1. The van der Waals surface area contributed by atoms with Crippen LogP contribution in [0.3, 0.4) is 0 Å². The number of carbonyl (C=O) groups excluding carboxylic acids is 1. The molecular weight excluding hydrogens is 214 g/mol. The van der Waals surface area contributed by atoms with Gasteiger partial charge in [0.15, 0.2) is 0 Å². The van der Waals surface area contributed by atoms with E-state index in [1.54, 1.807) is 0 Å². The van der Waals surface area contributed by atoms with Crippen molar-refractivity contribution in [3.05, 3.63) is 35.1 Å². The fraction of sp³-hybridized carbons (Fsp3) is 0.222. The lowest BCUT2D eigenvalue weighted by atomic mass is 10.1. The highest BCUT2D eigenvalue weighted by molar-refractivity contribution is 5.94. The van der Waals surface area contributed by atoms with Crippen LogP contribution >= 0.6 is 0 Å². The number of alkyl halides is 3. The van der Waals surface area contributed by atoms with Gasteiger partial charge in [-0.15, -0.1) is 0 Å². The van der Waals surface area contributed by atoms with Gasteiger partial charge in [-0.3, -0.25) is 4.79 Å². The lowest BCUT2D eigenvalue weighted by molar-refractivity contribution is -0.140. The van der Waals surface area contributed by atoms with Crippen LogP contribution in [0.2, 0.25) is 0 Å². The first-order chi connectivity index (χ1) is 6.86. The van der Waals surface area contributed by atoms with Gasteiger partial charge in [0.05, 0.1) is 5.56 Å². The average Bonchev–Trinajstić information content (AvgIpc) is 2.15. The van der Waals surface area contributed by atoms with E-state index < -0.39 is 23.5 Å². The van der Waals surface area contributed by atoms with Crippen molar-refractivity contribution < 1.29 is 22.4 Å². The summed E-state index contributed by atoms with van der Waals surface area (Å²) in [6.07, 6.45) is -4.80. The van der Waals surface area contributed by atoms with Crippen molar-refractivity contribution in [2.75, 3.05) is 7.05 Å². The molecule has 0 bridgehead atoms. The van der Waals surface area contributed by atoms with E-state index in [1.165, 1.54) is 7.05 Å². The molecule has 2 nitrogen and oxygen atoms in total. The highest BCUT2D eigenvalue weighted by Gasteiger charge is 2.34. The summed E-state index contributed by atoms with van der Waals surface area (Å²) in [6, 6.07) is 2.09. The molecule has 0 radical (unpaired) electrons. The molecule has 15 heavy (non-hydrogen) atoms. The van der Waals surface area contributed by atoms with E-state index in [0.717, 1.165) is 6.07 Å². The monoisotopic (exact) mass is 221 g/mol. The van der Waals surface area contributed by atoms with E-state index in [-0.39, 0.29) is 5.56 Å². The van der Waals surface area contributed by atoms with Crippen LogP contribution in [0.1, 0.15) is 15.9 Å². The zero-order valence-corrected chi connectivity index (χ0v) is 7.65. The summed E-state index contributed by atoms with van der Waals surface area (Å²) in [5.41, 5.74) is -1.67. The molecule has 0 fully saturated rings. The Morgan fingerprint density at radius 3 is 2.40 bits per heavy atom. The van der Waals surface area contributed by atoms with Crippen molar-refractivity contribution in [1.29, 1.82) is 0 Å². The fourth-order valence-corrected chi connectivity index (χ4v) is 1.03. The maximum atomic E-state index is 12.8. The number of benzene rings is 1. The Morgan fingerprint density at radius 2 is 1.93 bits per heavy atom. The molecule has 0 aliphatic carbocycles. The van der Waals surface area contributed by atoms with E-state index in [9.17, 15) is 22.4 Å². The standard InChI is InChI=1S/C9H7F4NO/c1-14-8(15)5-2-3-7(10)6(4-5)9(11,12)13/h2-4H,1H3,(H,14,15). The van der Waals surface area contributed by atoms with Gasteiger partial charge in [-0.05, 0) is 18.2 Å². The van der Waals surface area contributed by atoms with Crippen LogP contribution in [0.5, 0.6) is 0 Å². The molecule has 0 atom stereocenters. The van der Waals surface area contributed by atoms with E-state index in [0.29, 0.717) is 12.1 Å². The van der Waals surface area contributed by atoms with Gasteiger partial charge < -0.3 is 5.32 Å². The van der Waals surface area contributed by atoms with Crippen molar-refractivity contribution >= 4 is 5.91 Å². The molecule has 0 spiro atoms. The van der Waals surface area contributed by atoms with E-state index in [2.05, 4.69) is 5.32 Å². The maximum Gasteiger partial charge on any atom is 0.419 e. The van der Waals surface area contributed by atoms with Gasteiger partial charge in [-0.2, -0.15) is 13.2 Å². The molecule has 6 heteroatoms. The third kappa shape index (κ3) is 2.45. The third-order valence-corrected chi connectivity index (χ3v) is 1.76. The van der Waals surface area contributed by atoms with Gasteiger partial charge in [0.1, 0.15) is 5.82 Å². The molecule has 1 amide bonds. The van der Waals surface area contributed by atoms with Crippen LogP contribution in [0, 0.1) is 5.82 Å². The van der Waals surface area contributed by atoms with Gasteiger partial charge in [-0.1, -0.05) is 0 Å². The molecule has 0 aliphatic heterocycles. The summed E-state index contributed by atoms with van der Waals surface area (Å²) in [7, 11) is 1.28. The molecular formula is C9H7F4NO. The molecule has 82 valence electrons. The van der Waals surface area contributed by atoms with Gasteiger partial charge in [0, 0.05) is 12.6 Å². The SMILES string of the molecule is CNC(=O)c1ccc(F)c(C(F)(F)F)c1. The molecule has 1 aromatic carbocycles. The van der Waals surface area contributed by atoms with Crippen LogP contribution in [-0.2, 0) is 6.18 Å². The molecule has 0 saturated carbocycles. The van der Waals surface area contributed by atoms with Crippen molar-refractivity contribution in [2.45, 2.75) is 6.18 Å². The second-order valence-corrected chi connectivity index (χ2v) is 2.77. The quantitative estimate of drug-likeness (QED) is 0.723. The minimum Gasteiger partial charge on any atom is -0.355 e. The molecule has 0 saturated heterocycles. The Kier molecular flexibility index (Phi) is 2.97. The smallest absolute Gasteiger partial charge is 0.355 e. The highest BCUT2D eigenvalue weighted by atomic mass is 19.4. The molecule has 1 N–H and O–H groups in total. The first kappa shape index (κ1) is 11.5. The number of nitrogens with one attached hydrogen (secondary N) is 1. The average molecular weight is 221 g/mol. The Balaban J connectivity index is 3.23. The van der Waals surface area contributed by atoms with Gasteiger partial charge >= 0.3 is 6.18 Å². The number of hydrogen-bond acceptors (Lipinski definition) is 1. The third-order valence-electron chi connectivity index (χ3n) is 1.76. The predicted molar refractivity (Wildman–Crippen MR) is 44.8 cm³/mol. The topological polar surface area (TPSA) is 29.1 Å². The number of rotatable bonds is 1. The summed E-state index contributed by atoms with van der Waals surface area (Å²) in [6.45, 7) is 0. The highest BCUT2D eigenvalue weighted by Crippen LogP contribution is 2.31. The van der Waals surface area contributed by atoms with Crippen LogP contribution < -0.4 is 5.32 Å². The van der Waals surface area contributed by atoms with E-state index in [4.69, 9.17) is 0 Å². The molecule has 0 aromatic heterocycles. The molecule has 1 rings (SSSR count). The second kappa shape index (κ2) is 3.88. The second-order valence-electron chi connectivity index (χ2n) is 2.77. The fourth-order valence-electron chi connectivity index (χ4n) is 1.03. The minimum absolute atomic E-state index is 0.230. The Labute approximate surface area is 82.9 Å². The number of carbonyl (C=O) groups is 1. The summed E-state index contributed by atoms with van der Waals surface area (Å²) >= 11 is 0. The zero-order chi connectivity index (χ0) is 11.6. The van der Waals surface area contributed by atoms with Crippen molar-refractivity contribution in [2.24, 2.45) is 0 Å². The summed E-state index contributed by atoms with van der Waals surface area (Å²) in [5.74, 6) is -2.09. The van der Waals surface area contributed by atoms with Crippen molar-refractivity contribution in [1.82, 2.24) is 5.32 Å². The van der Waals surface area contributed by atoms with Crippen LogP contribution in [0.15, 0.2) is 18.2 Å². The predicted octanol–water partition coefficient (Wildman–Crippen LogP) is 2.20. The Hall–Kier alpha value is -1.59. The number of halogens is 4. The minimum atomic E-state index is -4.80. The Bertz CT molecular complexity index is 386. The van der Waals surface area contributed by atoms with E-state index in [1.807, 2.05) is 0 Å². The van der Waals surface area contributed by atoms with Crippen molar-refractivity contribution in [3.63, 3.8) is 0 Å². The van der Waals surface area contributed by atoms with E-state index >= 15 is 0 Å². The van der Waals surface area contributed by atoms with Crippen LogP contribution in [0.25, 0.3) is 0 Å². The molecule has 1 aromatic rings. The normalized spacial score (nSPS) is 11.3. The first-order valence-electron chi connectivity index (χ1n) is 3.95. The van der Waals surface area contributed by atoms with Crippen LogP contribution in [0.4, 0.5) is 17.6 Å².